The van der Waals surface area contributed by atoms with Crippen molar-refractivity contribution in [2.24, 2.45) is 23.7 Å². The lowest BCUT2D eigenvalue weighted by Gasteiger charge is -2.33. The highest BCUT2D eigenvalue weighted by Crippen LogP contribution is 2.51. The summed E-state index contributed by atoms with van der Waals surface area (Å²) in [6, 6.07) is 0. The summed E-state index contributed by atoms with van der Waals surface area (Å²) < 4.78 is 30.5. The van der Waals surface area contributed by atoms with Crippen molar-refractivity contribution in [1.82, 2.24) is 0 Å². The predicted octanol–water partition coefficient (Wildman–Crippen LogP) is 5.06. The van der Waals surface area contributed by atoms with Gasteiger partial charge in [0.05, 0.1) is 0 Å². The number of hydrogen-bond donors (Lipinski definition) is 0. The van der Waals surface area contributed by atoms with E-state index in [9.17, 15) is 4.79 Å². The second-order valence-corrected chi connectivity index (χ2v) is 7.85. The minimum absolute atomic E-state index is 0.0322. The molecule has 24 heavy (non-hydrogen) atoms. The highest BCUT2D eigenvalue weighted by atomic mass is 19.1. The predicted molar refractivity (Wildman–Crippen MR) is 90.9 cm³/mol. The summed E-state index contributed by atoms with van der Waals surface area (Å²) in [5, 5.41) is 0. The van der Waals surface area contributed by atoms with E-state index in [-0.39, 0.29) is 30.5 Å². The zero-order chi connectivity index (χ0) is 16.8. The van der Waals surface area contributed by atoms with Gasteiger partial charge in [0.2, 0.25) is 0 Å². The molecule has 2 fully saturated rings. The molecule has 1 nitrogen and oxygen atoms in total. The van der Waals surface area contributed by atoms with Gasteiger partial charge in [0, 0.05) is 24.7 Å². The second kappa shape index (κ2) is 5.79. The Morgan fingerprint density at radius 1 is 0.792 bits per heavy atom. The molecule has 0 radical (unpaired) electrons. The molecule has 0 spiro atoms. The van der Waals surface area contributed by atoms with Crippen LogP contribution < -0.4 is 0 Å². The molecule has 0 aromatic carbocycles. The van der Waals surface area contributed by atoms with Crippen molar-refractivity contribution in [2.75, 3.05) is 0 Å². The molecule has 2 saturated carbocycles. The summed E-state index contributed by atoms with van der Waals surface area (Å²) in [6.07, 6.45) is 17.9. The molecule has 4 unspecified atom stereocenters. The number of carbonyl (C=O) groups is 1. The van der Waals surface area contributed by atoms with Crippen LogP contribution in [0.15, 0.2) is 48.6 Å². The fourth-order valence-corrected chi connectivity index (χ4v) is 4.30. The Morgan fingerprint density at radius 3 is 1.58 bits per heavy atom. The Balaban J connectivity index is 1.43. The van der Waals surface area contributed by atoms with Crippen molar-refractivity contribution in [3.8, 4) is 0 Å². The number of hydrogen-bond acceptors (Lipinski definition) is 1. The molecule has 4 aliphatic rings. The highest BCUT2D eigenvalue weighted by molar-refractivity contribution is 5.80. The SMILES string of the molecule is O=C(CC1C=CC=CC1(F)C1CC1)CC1C=CC=CC1(F)C1CC1. The standard InChI is InChI=1S/C21H24F2O/c22-20(15-7-8-15)11-3-1-5-17(20)13-19(24)14-18-6-2-4-12-21(18,23)16-9-10-16/h1-6,11-12,15-18H,7-10,13-14H2. The molecule has 0 heterocycles. The third-order valence-corrected chi connectivity index (χ3v) is 6.05. The summed E-state index contributed by atoms with van der Waals surface area (Å²) in [4.78, 5) is 12.6. The van der Waals surface area contributed by atoms with Gasteiger partial charge < -0.3 is 0 Å². The van der Waals surface area contributed by atoms with Crippen molar-refractivity contribution in [3.63, 3.8) is 0 Å². The number of carbonyl (C=O) groups excluding carboxylic acids is 1. The summed E-state index contributed by atoms with van der Waals surface area (Å²) in [6.45, 7) is 0. The average Bonchev–Trinajstić information content (AvgIpc) is 3.43. The average molecular weight is 330 g/mol. The molecule has 3 heteroatoms. The van der Waals surface area contributed by atoms with Crippen LogP contribution in [0.1, 0.15) is 38.5 Å². The van der Waals surface area contributed by atoms with Crippen molar-refractivity contribution in [1.29, 1.82) is 0 Å². The Morgan fingerprint density at radius 2 is 1.21 bits per heavy atom. The van der Waals surface area contributed by atoms with Gasteiger partial charge in [0.25, 0.3) is 0 Å². The number of Topliss-reactive ketones (excluding diaryl/α,β-unsaturated/α-hetero) is 1. The molecule has 0 aromatic heterocycles. The van der Waals surface area contributed by atoms with Crippen molar-refractivity contribution in [3.05, 3.63) is 48.6 Å². The third kappa shape index (κ3) is 2.82. The molecule has 0 aliphatic heterocycles. The third-order valence-electron chi connectivity index (χ3n) is 6.05. The number of ketones is 1. The smallest absolute Gasteiger partial charge is 0.138 e. The van der Waals surface area contributed by atoms with E-state index in [0.29, 0.717) is 0 Å². The van der Waals surface area contributed by atoms with Gasteiger partial charge >= 0.3 is 0 Å². The molecular weight excluding hydrogens is 306 g/mol. The van der Waals surface area contributed by atoms with Gasteiger partial charge in [0.15, 0.2) is 0 Å². The zero-order valence-electron chi connectivity index (χ0n) is 13.8. The van der Waals surface area contributed by atoms with Crippen LogP contribution in [0.2, 0.25) is 0 Å². The molecule has 0 saturated heterocycles. The zero-order valence-corrected chi connectivity index (χ0v) is 13.8. The van der Waals surface area contributed by atoms with E-state index in [2.05, 4.69) is 0 Å². The van der Waals surface area contributed by atoms with Crippen LogP contribution in [-0.2, 0) is 4.79 Å². The lowest BCUT2D eigenvalue weighted by atomic mass is 9.75. The van der Waals surface area contributed by atoms with Crippen LogP contribution in [-0.4, -0.2) is 17.1 Å². The summed E-state index contributed by atoms with van der Waals surface area (Å²) in [5.74, 6) is -0.752. The van der Waals surface area contributed by atoms with Crippen molar-refractivity contribution in [2.45, 2.75) is 49.9 Å². The Bertz CT molecular complexity index is 584. The van der Waals surface area contributed by atoms with Crippen molar-refractivity contribution < 1.29 is 13.6 Å². The Kier molecular flexibility index (Phi) is 3.85. The maximum Gasteiger partial charge on any atom is 0.138 e. The molecular formula is C21H24F2O. The Labute approximate surface area is 142 Å². The maximum absolute atomic E-state index is 15.3. The van der Waals surface area contributed by atoms with Crippen LogP contribution in [0.3, 0.4) is 0 Å². The van der Waals surface area contributed by atoms with Gasteiger partial charge in [-0.2, -0.15) is 0 Å². The second-order valence-electron chi connectivity index (χ2n) is 7.85. The van der Waals surface area contributed by atoms with Gasteiger partial charge in [-0.3, -0.25) is 4.79 Å². The molecule has 4 aliphatic carbocycles. The first kappa shape index (κ1) is 16.0. The first-order chi connectivity index (χ1) is 11.5. The van der Waals surface area contributed by atoms with Gasteiger partial charge in [-0.1, -0.05) is 36.5 Å². The lowest BCUT2D eigenvalue weighted by molar-refractivity contribution is -0.122. The normalized spacial score (nSPS) is 40.9. The monoisotopic (exact) mass is 330 g/mol. The minimum Gasteiger partial charge on any atom is -0.300 e. The van der Waals surface area contributed by atoms with Gasteiger partial charge in [-0.05, 0) is 49.7 Å². The summed E-state index contributed by atoms with van der Waals surface area (Å²) >= 11 is 0. The topological polar surface area (TPSA) is 17.1 Å². The van der Waals surface area contributed by atoms with Crippen molar-refractivity contribution >= 4 is 5.78 Å². The lowest BCUT2D eigenvalue weighted by Crippen LogP contribution is -2.38. The van der Waals surface area contributed by atoms with Gasteiger partial charge in [-0.25, -0.2) is 8.78 Å². The largest absolute Gasteiger partial charge is 0.300 e. The van der Waals surface area contributed by atoms with Crippen LogP contribution in [0.4, 0.5) is 8.78 Å². The van der Waals surface area contributed by atoms with Gasteiger partial charge in [-0.15, -0.1) is 0 Å². The maximum atomic E-state index is 15.3. The van der Waals surface area contributed by atoms with E-state index in [1.807, 2.05) is 24.3 Å². The molecule has 4 atom stereocenters. The Hall–Kier alpha value is -1.51. The molecule has 128 valence electrons. The van der Waals surface area contributed by atoms with Crippen LogP contribution in [0.5, 0.6) is 0 Å². The van der Waals surface area contributed by atoms with E-state index in [0.717, 1.165) is 25.7 Å². The minimum atomic E-state index is -1.39. The molecule has 0 bridgehead atoms. The van der Waals surface area contributed by atoms with Crippen LogP contribution >= 0.6 is 0 Å². The van der Waals surface area contributed by atoms with E-state index in [4.69, 9.17) is 0 Å². The fourth-order valence-electron chi connectivity index (χ4n) is 4.30. The molecule has 0 amide bonds. The van der Waals surface area contributed by atoms with Crippen LogP contribution in [0, 0.1) is 23.7 Å². The fraction of sp³-hybridized carbons (Fsp3) is 0.571. The number of halogens is 2. The first-order valence-corrected chi connectivity index (χ1v) is 9.14. The first-order valence-electron chi connectivity index (χ1n) is 9.14. The number of rotatable bonds is 6. The number of alkyl halides is 2. The van der Waals surface area contributed by atoms with E-state index in [1.54, 1.807) is 24.3 Å². The molecule has 4 rings (SSSR count). The highest BCUT2D eigenvalue weighted by Gasteiger charge is 2.51. The molecule has 0 aromatic rings. The summed E-state index contributed by atoms with van der Waals surface area (Å²) in [5.41, 5.74) is -2.79. The summed E-state index contributed by atoms with van der Waals surface area (Å²) in [7, 11) is 0. The van der Waals surface area contributed by atoms with E-state index < -0.39 is 23.2 Å². The number of allylic oxidation sites excluding steroid dienone is 8. The molecule has 0 N–H and O–H groups in total. The van der Waals surface area contributed by atoms with Crippen LogP contribution in [0.25, 0.3) is 0 Å². The van der Waals surface area contributed by atoms with Gasteiger partial charge in [0.1, 0.15) is 17.1 Å². The quantitative estimate of drug-likeness (QED) is 0.665. The van der Waals surface area contributed by atoms with E-state index in [1.165, 1.54) is 0 Å². The van der Waals surface area contributed by atoms with E-state index >= 15 is 8.78 Å².